The highest BCUT2D eigenvalue weighted by Gasteiger charge is 2.29. The van der Waals surface area contributed by atoms with Crippen LogP contribution in [0.1, 0.15) is 28.4 Å². The summed E-state index contributed by atoms with van der Waals surface area (Å²) < 4.78 is 9.60. The highest BCUT2D eigenvalue weighted by Crippen LogP contribution is 2.21. The third kappa shape index (κ3) is 5.24. The molecule has 0 radical (unpaired) electrons. The van der Waals surface area contributed by atoms with E-state index < -0.39 is 36.4 Å². The van der Waals surface area contributed by atoms with Crippen LogP contribution in [-0.4, -0.2) is 34.0 Å². The van der Waals surface area contributed by atoms with Crippen LogP contribution < -0.4 is 0 Å². The number of nitrogens with zero attached hydrogens (tertiary/aromatic N) is 1. The van der Waals surface area contributed by atoms with Crippen LogP contribution >= 0.6 is 0 Å². The van der Waals surface area contributed by atoms with Crippen molar-refractivity contribution >= 4 is 23.9 Å². The number of ether oxygens (including phenoxy) is 2. The summed E-state index contributed by atoms with van der Waals surface area (Å²) in [4.78, 5) is 50.0. The van der Waals surface area contributed by atoms with Gasteiger partial charge in [-0.3, -0.25) is 14.6 Å². The molecule has 1 N–H and O–H groups in total. The number of aromatic nitrogens is 1. The SMILES string of the molecule is O=C(O)CC(=O)OC(=O)[C@H](OC(=O)c1cccnc1)c1ccccc1. The van der Waals surface area contributed by atoms with Crippen LogP contribution in [0, 0.1) is 0 Å². The molecular weight excluding hydrogens is 330 g/mol. The van der Waals surface area contributed by atoms with Crippen molar-refractivity contribution in [3.63, 3.8) is 0 Å². The summed E-state index contributed by atoms with van der Waals surface area (Å²) in [5.74, 6) is -4.73. The summed E-state index contributed by atoms with van der Waals surface area (Å²) in [5.41, 5.74) is 0.376. The molecule has 1 aromatic carbocycles. The number of hydrogen-bond acceptors (Lipinski definition) is 7. The first kappa shape index (κ1) is 17.8. The summed E-state index contributed by atoms with van der Waals surface area (Å²) in [7, 11) is 0. The Morgan fingerprint density at radius 2 is 1.76 bits per heavy atom. The zero-order valence-corrected chi connectivity index (χ0v) is 12.8. The van der Waals surface area contributed by atoms with E-state index in [1.54, 1.807) is 18.2 Å². The van der Waals surface area contributed by atoms with Crippen LogP contribution in [0.3, 0.4) is 0 Å². The number of carboxylic acids is 1. The highest BCUT2D eigenvalue weighted by atomic mass is 16.6. The fourth-order valence-electron chi connectivity index (χ4n) is 1.86. The molecule has 0 spiro atoms. The lowest BCUT2D eigenvalue weighted by molar-refractivity contribution is -0.167. The maximum Gasteiger partial charge on any atom is 0.359 e. The van der Waals surface area contributed by atoms with Crippen molar-refractivity contribution in [2.24, 2.45) is 0 Å². The van der Waals surface area contributed by atoms with E-state index in [0.29, 0.717) is 0 Å². The molecule has 0 saturated carbocycles. The molecule has 8 nitrogen and oxygen atoms in total. The maximum atomic E-state index is 12.2. The maximum absolute atomic E-state index is 12.2. The summed E-state index contributed by atoms with van der Waals surface area (Å²) in [6, 6.07) is 10.9. The average molecular weight is 343 g/mol. The summed E-state index contributed by atoms with van der Waals surface area (Å²) in [5, 5.41) is 8.54. The van der Waals surface area contributed by atoms with Crippen molar-refractivity contribution in [2.45, 2.75) is 12.5 Å². The lowest BCUT2D eigenvalue weighted by atomic mass is 10.1. The number of esters is 3. The number of rotatable bonds is 6. The monoisotopic (exact) mass is 343 g/mol. The van der Waals surface area contributed by atoms with Crippen molar-refractivity contribution in [3.05, 3.63) is 66.0 Å². The van der Waals surface area contributed by atoms with Crippen molar-refractivity contribution in [3.8, 4) is 0 Å². The minimum atomic E-state index is -1.52. The van der Waals surface area contributed by atoms with Gasteiger partial charge < -0.3 is 14.6 Å². The molecule has 25 heavy (non-hydrogen) atoms. The van der Waals surface area contributed by atoms with Crippen LogP contribution in [-0.2, 0) is 23.9 Å². The topological polar surface area (TPSA) is 120 Å². The van der Waals surface area contributed by atoms with E-state index in [4.69, 9.17) is 9.84 Å². The second kappa shape index (κ2) is 8.34. The largest absolute Gasteiger partial charge is 0.481 e. The molecule has 0 saturated heterocycles. The molecule has 0 aliphatic rings. The van der Waals surface area contributed by atoms with E-state index in [2.05, 4.69) is 9.72 Å². The summed E-state index contributed by atoms with van der Waals surface area (Å²) >= 11 is 0. The van der Waals surface area contributed by atoms with Gasteiger partial charge in [0.1, 0.15) is 6.42 Å². The zero-order chi connectivity index (χ0) is 18.2. The number of carboxylic acid groups (broad SMARTS) is 1. The molecule has 2 aromatic rings. The third-order valence-electron chi connectivity index (χ3n) is 2.95. The quantitative estimate of drug-likeness (QED) is 0.619. The van der Waals surface area contributed by atoms with E-state index in [1.165, 1.54) is 36.7 Å². The number of hydrogen-bond donors (Lipinski definition) is 1. The minimum absolute atomic E-state index is 0.105. The molecule has 0 unspecified atom stereocenters. The average Bonchev–Trinajstić information content (AvgIpc) is 2.60. The Morgan fingerprint density at radius 1 is 1.04 bits per heavy atom. The summed E-state index contributed by atoms with van der Waals surface area (Å²) in [6.45, 7) is 0. The van der Waals surface area contributed by atoms with E-state index in [1.807, 2.05) is 0 Å². The molecular formula is C17H13NO7. The fourth-order valence-corrected chi connectivity index (χ4v) is 1.86. The number of carbonyl (C=O) groups excluding carboxylic acids is 3. The van der Waals surface area contributed by atoms with E-state index in [-0.39, 0.29) is 11.1 Å². The van der Waals surface area contributed by atoms with Crippen molar-refractivity contribution in [2.75, 3.05) is 0 Å². The Bertz CT molecular complexity index is 774. The molecule has 0 fully saturated rings. The number of pyridine rings is 1. The van der Waals surface area contributed by atoms with Gasteiger partial charge in [-0.2, -0.15) is 0 Å². The molecule has 1 atom stereocenters. The number of aliphatic carboxylic acids is 1. The summed E-state index contributed by atoms with van der Waals surface area (Å²) in [6.07, 6.45) is 0.214. The Labute approximate surface area is 142 Å². The third-order valence-corrected chi connectivity index (χ3v) is 2.95. The molecule has 1 heterocycles. The van der Waals surface area contributed by atoms with E-state index in [9.17, 15) is 19.2 Å². The van der Waals surface area contributed by atoms with Gasteiger partial charge in [0.15, 0.2) is 0 Å². The Balaban J connectivity index is 2.19. The molecule has 1 aromatic heterocycles. The Kier molecular flexibility index (Phi) is 5.94. The predicted octanol–water partition coefficient (Wildman–Crippen LogP) is 1.52. The lowest BCUT2D eigenvalue weighted by Crippen LogP contribution is -2.25. The second-order valence-corrected chi connectivity index (χ2v) is 4.80. The van der Waals surface area contributed by atoms with Gasteiger partial charge in [0, 0.05) is 18.0 Å². The standard InChI is InChI=1S/C17H13NO7/c19-13(20)9-14(21)24-17(23)15(11-5-2-1-3-6-11)25-16(22)12-7-4-8-18-10-12/h1-8,10,15H,9H2,(H,19,20)/t15-/m1/s1. The molecule has 0 bridgehead atoms. The predicted molar refractivity (Wildman–Crippen MR) is 82.2 cm³/mol. The Morgan fingerprint density at radius 3 is 2.36 bits per heavy atom. The Hall–Kier alpha value is -3.55. The first-order chi connectivity index (χ1) is 12.0. The molecule has 0 amide bonds. The normalized spacial score (nSPS) is 11.2. The zero-order valence-electron chi connectivity index (χ0n) is 12.8. The second-order valence-electron chi connectivity index (χ2n) is 4.80. The fraction of sp³-hybridized carbons (Fsp3) is 0.118. The lowest BCUT2D eigenvalue weighted by Gasteiger charge is -2.16. The van der Waals surface area contributed by atoms with Gasteiger partial charge in [0.2, 0.25) is 6.10 Å². The minimum Gasteiger partial charge on any atom is -0.481 e. The smallest absolute Gasteiger partial charge is 0.359 e. The molecule has 0 aliphatic heterocycles. The van der Waals surface area contributed by atoms with Gasteiger partial charge >= 0.3 is 23.9 Å². The van der Waals surface area contributed by atoms with Gasteiger partial charge in [-0.15, -0.1) is 0 Å². The van der Waals surface area contributed by atoms with Crippen molar-refractivity contribution < 1.29 is 33.8 Å². The highest BCUT2D eigenvalue weighted by molar-refractivity contribution is 5.98. The van der Waals surface area contributed by atoms with Gasteiger partial charge in [0.25, 0.3) is 0 Å². The molecule has 2 rings (SSSR count). The number of carbonyl (C=O) groups is 4. The first-order valence-corrected chi connectivity index (χ1v) is 7.09. The van der Waals surface area contributed by atoms with Crippen LogP contribution in [0.5, 0.6) is 0 Å². The van der Waals surface area contributed by atoms with Gasteiger partial charge in [0.05, 0.1) is 5.56 Å². The van der Waals surface area contributed by atoms with Gasteiger partial charge in [-0.25, -0.2) is 9.59 Å². The van der Waals surface area contributed by atoms with Gasteiger partial charge in [-0.05, 0) is 12.1 Å². The van der Waals surface area contributed by atoms with Crippen LogP contribution in [0.25, 0.3) is 0 Å². The molecule has 128 valence electrons. The van der Waals surface area contributed by atoms with Crippen LogP contribution in [0.2, 0.25) is 0 Å². The van der Waals surface area contributed by atoms with E-state index in [0.717, 1.165) is 0 Å². The molecule has 0 aliphatic carbocycles. The van der Waals surface area contributed by atoms with Crippen molar-refractivity contribution in [1.82, 2.24) is 4.98 Å². The van der Waals surface area contributed by atoms with Crippen molar-refractivity contribution in [1.29, 1.82) is 0 Å². The van der Waals surface area contributed by atoms with Crippen LogP contribution in [0.4, 0.5) is 0 Å². The molecule has 8 heteroatoms. The first-order valence-electron chi connectivity index (χ1n) is 7.09. The van der Waals surface area contributed by atoms with Gasteiger partial charge in [-0.1, -0.05) is 30.3 Å². The number of benzene rings is 1. The van der Waals surface area contributed by atoms with E-state index >= 15 is 0 Å². The van der Waals surface area contributed by atoms with Crippen LogP contribution in [0.15, 0.2) is 54.9 Å².